The van der Waals surface area contributed by atoms with Gasteiger partial charge in [0.2, 0.25) is 5.91 Å². The molecule has 0 radical (unpaired) electrons. The van der Waals surface area contributed by atoms with Crippen LogP contribution in [-0.4, -0.2) is 37.6 Å². The fourth-order valence-electron chi connectivity index (χ4n) is 2.99. The van der Waals surface area contributed by atoms with Crippen LogP contribution in [-0.2, 0) is 11.3 Å². The molecule has 26 heavy (non-hydrogen) atoms. The quantitative estimate of drug-likeness (QED) is 0.841. The van der Waals surface area contributed by atoms with Crippen molar-refractivity contribution in [2.24, 2.45) is 0 Å². The molecule has 1 atom stereocenters. The van der Waals surface area contributed by atoms with Gasteiger partial charge in [-0.1, -0.05) is 35.9 Å². The molecule has 1 heterocycles. The Kier molecular flexibility index (Phi) is 6.01. The van der Waals surface area contributed by atoms with Gasteiger partial charge in [0.1, 0.15) is 13.2 Å². The Bertz CT molecular complexity index is 781. The number of ether oxygens (including phenoxy) is 2. The lowest BCUT2D eigenvalue weighted by Gasteiger charge is -2.22. The van der Waals surface area contributed by atoms with Crippen molar-refractivity contribution in [2.75, 3.05) is 26.8 Å². The maximum Gasteiger partial charge on any atom is 0.234 e. The first kappa shape index (κ1) is 18.5. The highest BCUT2D eigenvalue weighted by Crippen LogP contribution is 2.31. The SMILES string of the molecule is C[C@H](NC(=O)CN(C)Cc1ccc2c(c1)OCCO2)c1ccccc1Cl. The van der Waals surface area contributed by atoms with E-state index in [2.05, 4.69) is 5.32 Å². The maximum absolute atomic E-state index is 12.3. The van der Waals surface area contributed by atoms with E-state index in [9.17, 15) is 4.79 Å². The Morgan fingerprint density at radius 1 is 1.19 bits per heavy atom. The molecule has 0 spiro atoms. The number of amides is 1. The molecule has 0 saturated heterocycles. The van der Waals surface area contributed by atoms with E-state index in [4.69, 9.17) is 21.1 Å². The average molecular weight is 375 g/mol. The Labute approximate surface area is 158 Å². The molecule has 0 aliphatic carbocycles. The van der Waals surface area contributed by atoms with Gasteiger partial charge in [-0.25, -0.2) is 0 Å². The van der Waals surface area contributed by atoms with Gasteiger partial charge in [-0.3, -0.25) is 9.69 Å². The lowest BCUT2D eigenvalue weighted by Crippen LogP contribution is -2.36. The highest BCUT2D eigenvalue weighted by molar-refractivity contribution is 6.31. The van der Waals surface area contributed by atoms with E-state index >= 15 is 0 Å². The summed E-state index contributed by atoms with van der Waals surface area (Å²) in [6.07, 6.45) is 0. The molecule has 0 bridgehead atoms. The fourth-order valence-corrected chi connectivity index (χ4v) is 3.29. The second kappa shape index (κ2) is 8.43. The lowest BCUT2D eigenvalue weighted by molar-refractivity contribution is -0.122. The molecule has 0 saturated carbocycles. The van der Waals surface area contributed by atoms with E-state index in [-0.39, 0.29) is 11.9 Å². The number of hydrogen-bond donors (Lipinski definition) is 1. The molecule has 0 aromatic heterocycles. The third-order valence-corrected chi connectivity index (χ3v) is 4.57. The van der Waals surface area contributed by atoms with Gasteiger partial charge in [-0.15, -0.1) is 0 Å². The van der Waals surface area contributed by atoms with Gasteiger partial charge in [-0.05, 0) is 43.3 Å². The molecule has 1 amide bonds. The van der Waals surface area contributed by atoms with Gasteiger partial charge in [0.15, 0.2) is 11.5 Å². The zero-order valence-corrected chi connectivity index (χ0v) is 15.8. The molecular weight excluding hydrogens is 352 g/mol. The smallest absolute Gasteiger partial charge is 0.234 e. The van der Waals surface area contributed by atoms with E-state index in [0.717, 1.165) is 22.6 Å². The van der Waals surface area contributed by atoms with E-state index < -0.39 is 0 Å². The van der Waals surface area contributed by atoms with Gasteiger partial charge in [0.05, 0.1) is 12.6 Å². The standard InChI is InChI=1S/C20H23ClN2O3/c1-14(16-5-3-4-6-17(16)21)22-20(24)13-23(2)12-15-7-8-18-19(11-15)26-10-9-25-18/h3-8,11,14H,9-10,12-13H2,1-2H3,(H,22,24)/t14-/m0/s1. The van der Waals surface area contributed by atoms with Gasteiger partial charge in [0, 0.05) is 11.6 Å². The van der Waals surface area contributed by atoms with E-state index in [1.165, 1.54) is 0 Å². The van der Waals surface area contributed by atoms with Crippen LogP contribution in [0.4, 0.5) is 0 Å². The number of nitrogens with one attached hydrogen (secondary N) is 1. The Balaban J connectivity index is 1.53. The molecule has 6 heteroatoms. The van der Waals surface area contributed by atoms with Crippen molar-refractivity contribution in [3.05, 3.63) is 58.6 Å². The normalized spacial score (nSPS) is 14.2. The first-order valence-electron chi connectivity index (χ1n) is 8.64. The highest BCUT2D eigenvalue weighted by atomic mass is 35.5. The van der Waals surface area contributed by atoms with Crippen molar-refractivity contribution in [1.29, 1.82) is 0 Å². The van der Waals surface area contributed by atoms with Crippen LogP contribution in [0.3, 0.4) is 0 Å². The topological polar surface area (TPSA) is 50.8 Å². The second-order valence-electron chi connectivity index (χ2n) is 6.46. The third-order valence-electron chi connectivity index (χ3n) is 4.22. The van der Waals surface area contributed by atoms with Crippen LogP contribution >= 0.6 is 11.6 Å². The highest BCUT2D eigenvalue weighted by Gasteiger charge is 2.15. The van der Waals surface area contributed by atoms with Crippen LogP contribution in [0.25, 0.3) is 0 Å². The first-order valence-corrected chi connectivity index (χ1v) is 9.01. The number of benzene rings is 2. The van der Waals surface area contributed by atoms with Crippen molar-refractivity contribution >= 4 is 17.5 Å². The molecule has 3 rings (SSSR count). The number of hydrogen-bond acceptors (Lipinski definition) is 4. The minimum Gasteiger partial charge on any atom is -0.486 e. The van der Waals surface area contributed by atoms with Crippen LogP contribution in [0.2, 0.25) is 5.02 Å². The Morgan fingerprint density at radius 3 is 2.69 bits per heavy atom. The van der Waals surface area contributed by atoms with Crippen LogP contribution in [0.5, 0.6) is 11.5 Å². The van der Waals surface area contributed by atoms with E-state index in [1.54, 1.807) is 0 Å². The molecule has 1 aliphatic rings. The van der Waals surface area contributed by atoms with Gasteiger partial charge in [-0.2, -0.15) is 0 Å². The summed E-state index contributed by atoms with van der Waals surface area (Å²) in [4.78, 5) is 14.3. The molecule has 2 aromatic carbocycles. The molecule has 0 fully saturated rings. The molecule has 1 N–H and O–H groups in total. The summed E-state index contributed by atoms with van der Waals surface area (Å²) in [7, 11) is 1.91. The minimum atomic E-state index is -0.140. The van der Waals surface area contributed by atoms with Gasteiger partial charge >= 0.3 is 0 Å². The minimum absolute atomic E-state index is 0.0440. The monoisotopic (exact) mass is 374 g/mol. The van der Waals surface area contributed by atoms with Crippen LogP contribution in [0.1, 0.15) is 24.1 Å². The Morgan fingerprint density at radius 2 is 1.92 bits per heavy atom. The fraction of sp³-hybridized carbons (Fsp3) is 0.350. The maximum atomic E-state index is 12.3. The van der Waals surface area contributed by atoms with Gasteiger partial charge in [0.25, 0.3) is 0 Å². The van der Waals surface area contributed by atoms with E-state index in [0.29, 0.717) is 31.3 Å². The number of carbonyl (C=O) groups is 1. The average Bonchev–Trinajstić information content (AvgIpc) is 2.61. The number of fused-ring (bicyclic) bond motifs is 1. The summed E-state index contributed by atoms with van der Waals surface area (Å²) in [5.41, 5.74) is 1.99. The summed E-state index contributed by atoms with van der Waals surface area (Å²) in [6.45, 7) is 4.01. The molecular formula is C20H23ClN2O3. The number of carbonyl (C=O) groups excluding carboxylic acids is 1. The molecule has 1 aliphatic heterocycles. The summed E-state index contributed by atoms with van der Waals surface area (Å²) in [5.74, 6) is 1.49. The zero-order chi connectivity index (χ0) is 18.5. The molecule has 5 nitrogen and oxygen atoms in total. The van der Waals surface area contributed by atoms with Crippen molar-refractivity contribution in [1.82, 2.24) is 10.2 Å². The second-order valence-corrected chi connectivity index (χ2v) is 6.87. The number of nitrogens with zero attached hydrogens (tertiary/aromatic N) is 1. The first-order chi connectivity index (χ1) is 12.5. The van der Waals surface area contributed by atoms with Gasteiger partial charge < -0.3 is 14.8 Å². The summed E-state index contributed by atoms with van der Waals surface area (Å²) in [5, 5.41) is 3.65. The largest absolute Gasteiger partial charge is 0.486 e. The summed E-state index contributed by atoms with van der Waals surface area (Å²) in [6, 6.07) is 13.3. The van der Waals surface area contributed by atoms with E-state index in [1.807, 2.05) is 61.3 Å². The van der Waals surface area contributed by atoms with Crippen molar-refractivity contribution < 1.29 is 14.3 Å². The number of rotatable bonds is 6. The van der Waals surface area contributed by atoms with Crippen LogP contribution < -0.4 is 14.8 Å². The lowest BCUT2D eigenvalue weighted by atomic mass is 10.1. The van der Waals surface area contributed by atoms with Crippen molar-refractivity contribution in [3.8, 4) is 11.5 Å². The van der Waals surface area contributed by atoms with Crippen molar-refractivity contribution in [3.63, 3.8) is 0 Å². The van der Waals surface area contributed by atoms with Crippen molar-refractivity contribution in [2.45, 2.75) is 19.5 Å². The summed E-state index contributed by atoms with van der Waals surface area (Å²) < 4.78 is 11.1. The van der Waals surface area contributed by atoms with Crippen LogP contribution in [0.15, 0.2) is 42.5 Å². The predicted octanol–water partition coefficient (Wildman–Crippen LogP) is 3.42. The Hall–Kier alpha value is -2.24. The third kappa shape index (κ3) is 4.68. The van der Waals surface area contributed by atoms with Crippen LogP contribution in [0, 0.1) is 0 Å². The number of likely N-dealkylation sites (N-methyl/N-ethyl adjacent to an activating group) is 1. The zero-order valence-electron chi connectivity index (χ0n) is 15.0. The predicted molar refractivity (Wildman–Crippen MR) is 102 cm³/mol. The molecule has 0 unspecified atom stereocenters. The molecule has 2 aromatic rings. The number of halogens is 1. The summed E-state index contributed by atoms with van der Waals surface area (Å²) >= 11 is 6.19. The molecule has 138 valence electrons.